The van der Waals surface area contributed by atoms with E-state index in [1.54, 1.807) is 27.5 Å². The van der Waals surface area contributed by atoms with Gasteiger partial charge in [-0.15, -0.1) is 0 Å². The zero-order chi connectivity index (χ0) is 19.4. The van der Waals surface area contributed by atoms with Gasteiger partial charge in [0.2, 0.25) is 5.91 Å². The maximum atomic E-state index is 13.1. The van der Waals surface area contributed by atoms with E-state index in [0.717, 1.165) is 24.9 Å². The highest BCUT2D eigenvalue weighted by molar-refractivity contribution is 6.02. The number of carbonyl (C=O) groups is 2. The molecular formula is C21H27N3O3. The Morgan fingerprint density at radius 3 is 2.67 bits per heavy atom. The fraction of sp³-hybridized carbons (Fsp3) is 0.429. The molecule has 2 heterocycles. The topological polar surface area (TPSA) is 54.8 Å². The first kappa shape index (κ1) is 19.0. The summed E-state index contributed by atoms with van der Waals surface area (Å²) in [6.45, 7) is 2.70. The Bertz CT molecular complexity index is 815. The predicted octanol–water partition coefficient (Wildman–Crippen LogP) is 3.08. The standard InChI is InChI=1S/C21H27N3O3/c1-4-5-9-16-14-24(17-10-6-7-12-19(17)27-3)20(25)15-23(16)21(26)18-11-8-13-22(18)2/h6-8,10-13,16H,4-5,9,14-15H2,1-3H3. The van der Waals surface area contributed by atoms with E-state index in [1.165, 1.54) is 0 Å². The number of rotatable bonds is 6. The number of unbranched alkanes of at least 4 members (excludes halogenated alkanes) is 1. The molecule has 144 valence electrons. The number of piperazine rings is 1. The van der Waals surface area contributed by atoms with Gasteiger partial charge in [0.05, 0.1) is 18.8 Å². The van der Waals surface area contributed by atoms with Gasteiger partial charge in [0, 0.05) is 19.8 Å². The third kappa shape index (κ3) is 3.84. The minimum atomic E-state index is -0.0881. The quantitative estimate of drug-likeness (QED) is 0.786. The molecule has 2 aromatic rings. The van der Waals surface area contributed by atoms with Gasteiger partial charge < -0.3 is 19.1 Å². The molecule has 1 fully saturated rings. The summed E-state index contributed by atoms with van der Waals surface area (Å²) >= 11 is 0. The number of carbonyl (C=O) groups excluding carboxylic acids is 2. The maximum Gasteiger partial charge on any atom is 0.271 e. The Labute approximate surface area is 160 Å². The lowest BCUT2D eigenvalue weighted by Gasteiger charge is -2.41. The Kier molecular flexibility index (Phi) is 5.84. The highest BCUT2D eigenvalue weighted by Crippen LogP contribution is 2.31. The van der Waals surface area contributed by atoms with Crippen LogP contribution in [-0.2, 0) is 11.8 Å². The summed E-state index contributed by atoms with van der Waals surface area (Å²) < 4.78 is 7.24. The molecule has 0 bridgehead atoms. The van der Waals surface area contributed by atoms with E-state index in [4.69, 9.17) is 4.74 Å². The minimum Gasteiger partial charge on any atom is -0.495 e. The van der Waals surface area contributed by atoms with Crippen molar-refractivity contribution in [2.75, 3.05) is 25.1 Å². The van der Waals surface area contributed by atoms with Crippen molar-refractivity contribution < 1.29 is 14.3 Å². The molecule has 0 radical (unpaired) electrons. The van der Waals surface area contributed by atoms with Gasteiger partial charge >= 0.3 is 0 Å². The Morgan fingerprint density at radius 1 is 1.22 bits per heavy atom. The van der Waals surface area contributed by atoms with Crippen LogP contribution in [0.25, 0.3) is 0 Å². The third-order valence-corrected chi connectivity index (χ3v) is 5.13. The van der Waals surface area contributed by atoms with Crippen LogP contribution in [0.3, 0.4) is 0 Å². The Morgan fingerprint density at radius 2 is 2.00 bits per heavy atom. The second kappa shape index (κ2) is 8.29. The van der Waals surface area contributed by atoms with Crippen LogP contribution >= 0.6 is 0 Å². The zero-order valence-electron chi connectivity index (χ0n) is 16.2. The lowest BCUT2D eigenvalue weighted by Crippen LogP contribution is -2.58. The van der Waals surface area contributed by atoms with Gasteiger partial charge in [-0.2, -0.15) is 0 Å². The van der Waals surface area contributed by atoms with Gasteiger partial charge in [0.25, 0.3) is 5.91 Å². The molecule has 0 spiro atoms. The molecule has 0 N–H and O–H groups in total. The molecule has 6 nitrogen and oxygen atoms in total. The van der Waals surface area contributed by atoms with Gasteiger partial charge in [0.15, 0.2) is 0 Å². The van der Waals surface area contributed by atoms with Gasteiger partial charge in [-0.05, 0) is 30.7 Å². The number of hydrogen-bond acceptors (Lipinski definition) is 3. The highest BCUT2D eigenvalue weighted by Gasteiger charge is 2.37. The van der Waals surface area contributed by atoms with E-state index in [0.29, 0.717) is 18.0 Å². The van der Waals surface area contributed by atoms with Crippen molar-refractivity contribution in [3.05, 3.63) is 48.3 Å². The van der Waals surface area contributed by atoms with Gasteiger partial charge in [-0.25, -0.2) is 0 Å². The molecule has 0 aliphatic carbocycles. The fourth-order valence-electron chi connectivity index (χ4n) is 3.61. The summed E-state index contributed by atoms with van der Waals surface area (Å²) in [5.74, 6) is 0.494. The normalized spacial score (nSPS) is 17.3. The van der Waals surface area contributed by atoms with E-state index >= 15 is 0 Å². The molecular weight excluding hydrogens is 342 g/mol. The van der Waals surface area contributed by atoms with Crippen molar-refractivity contribution in [3.8, 4) is 5.75 Å². The molecule has 6 heteroatoms. The van der Waals surface area contributed by atoms with E-state index in [2.05, 4.69) is 6.92 Å². The summed E-state index contributed by atoms with van der Waals surface area (Å²) in [5.41, 5.74) is 1.37. The highest BCUT2D eigenvalue weighted by atomic mass is 16.5. The van der Waals surface area contributed by atoms with Gasteiger partial charge in [-0.3, -0.25) is 9.59 Å². The van der Waals surface area contributed by atoms with E-state index in [1.807, 2.05) is 43.6 Å². The first-order valence-electron chi connectivity index (χ1n) is 9.42. The second-order valence-electron chi connectivity index (χ2n) is 6.91. The number of benzene rings is 1. The monoisotopic (exact) mass is 369 g/mol. The van der Waals surface area contributed by atoms with Crippen molar-refractivity contribution in [3.63, 3.8) is 0 Å². The summed E-state index contributed by atoms with van der Waals surface area (Å²) in [5, 5.41) is 0. The summed E-state index contributed by atoms with van der Waals surface area (Å²) in [6, 6.07) is 11.2. The van der Waals surface area contributed by atoms with Crippen LogP contribution < -0.4 is 9.64 Å². The van der Waals surface area contributed by atoms with Crippen LogP contribution in [0.4, 0.5) is 5.69 Å². The maximum absolute atomic E-state index is 13.1. The summed E-state index contributed by atoms with van der Waals surface area (Å²) in [4.78, 5) is 29.5. The van der Waals surface area contributed by atoms with Gasteiger partial charge in [-0.1, -0.05) is 31.9 Å². The van der Waals surface area contributed by atoms with Crippen LogP contribution in [0, 0.1) is 0 Å². The molecule has 2 amide bonds. The second-order valence-corrected chi connectivity index (χ2v) is 6.91. The van der Waals surface area contributed by atoms with E-state index < -0.39 is 0 Å². The number of para-hydroxylation sites is 2. The van der Waals surface area contributed by atoms with Crippen LogP contribution in [0.5, 0.6) is 5.75 Å². The molecule has 1 aliphatic heterocycles. The van der Waals surface area contributed by atoms with Crippen LogP contribution in [-0.4, -0.2) is 47.5 Å². The molecule has 0 saturated carbocycles. The van der Waals surface area contributed by atoms with Crippen LogP contribution in [0.2, 0.25) is 0 Å². The predicted molar refractivity (Wildman–Crippen MR) is 105 cm³/mol. The number of anilines is 1. The Hall–Kier alpha value is -2.76. The number of nitrogens with zero attached hydrogens (tertiary/aromatic N) is 3. The molecule has 3 rings (SSSR count). The largest absolute Gasteiger partial charge is 0.495 e. The average Bonchev–Trinajstić information content (AvgIpc) is 3.12. The van der Waals surface area contributed by atoms with Crippen molar-refractivity contribution in [1.82, 2.24) is 9.47 Å². The SMILES string of the molecule is CCCCC1CN(c2ccccc2OC)C(=O)CN1C(=O)c1cccn1C. The zero-order valence-corrected chi connectivity index (χ0v) is 16.2. The lowest BCUT2D eigenvalue weighted by atomic mass is 10.0. The van der Waals surface area contributed by atoms with Crippen LogP contribution in [0.15, 0.2) is 42.6 Å². The number of aromatic nitrogens is 1. The minimum absolute atomic E-state index is 0.0186. The van der Waals surface area contributed by atoms with Crippen molar-refractivity contribution in [2.24, 2.45) is 7.05 Å². The molecule has 1 aliphatic rings. The van der Waals surface area contributed by atoms with E-state index in [-0.39, 0.29) is 24.4 Å². The molecule has 1 saturated heterocycles. The number of hydrogen-bond donors (Lipinski definition) is 0. The number of methoxy groups -OCH3 is 1. The van der Waals surface area contributed by atoms with E-state index in [9.17, 15) is 9.59 Å². The third-order valence-electron chi connectivity index (χ3n) is 5.13. The molecule has 27 heavy (non-hydrogen) atoms. The summed E-state index contributed by atoms with van der Waals surface area (Å²) in [7, 11) is 3.45. The number of aryl methyl sites for hydroxylation is 1. The average molecular weight is 369 g/mol. The number of ether oxygens (including phenoxy) is 1. The molecule has 1 aromatic heterocycles. The van der Waals surface area contributed by atoms with Crippen molar-refractivity contribution in [2.45, 2.75) is 32.2 Å². The summed E-state index contributed by atoms with van der Waals surface area (Å²) in [6.07, 6.45) is 4.77. The fourth-order valence-corrected chi connectivity index (χ4v) is 3.61. The van der Waals surface area contributed by atoms with Crippen molar-refractivity contribution >= 4 is 17.5 Å². The first-order chi connectivity index (χ1) is 13.1. The smallest absolute Gasteiger partial charge is 0.271 e. The molecule has 1 aromatic carbocycles. The van der Waals surface area contributed by atoms with Crippen molar-refractivity contribution in [1.29, 1.82) is 0 Å². The molecule has 1 unspecified atom stereocenters. The van der Waals surface area contributed by atoms with Crippen LogP contribution in [0.1, 0.15) is 36.7 Å². The number of amides is 2. The Balaban J connectivity index is 1.89. The molecule has 1 atom stereocenters. The van der Waals surface area contributed by atoms with Gasteiger partial charge in [0.1, 0.15) is 18.0 Å². The first-order valence-corrected chi connectivity index (χ1v) is 9.42. The lowest BCUT2D eigenvalue weighted by molar-refractivity contribution is -0.121.